The Balaban J connectivity index is 1.60. The van der Waals surface area contributed by atoms with Crippen molar-refractivity contribution in [1.82, 2.24) is 14.1 Å². The number of halogens is 2. The van der Waals surface area contributed by atoms with Crippen LogP contribution in [0.4, 0.5) is 19.3 Å². The number of benzene rings is 2. The molecule has 3 heterocycles. The van der Waals surface area contributed by atoms with Gasteiger partial charge in [-0.25, -0.2) is 32.1 Å². The molecule has 2 aromatic carbocycles. The number of hydrogen-bond acceptors (Lipinski definition) is 7. The van der Waals surface area contributed by atoms with E-state index in [0.717, 1.165) is 5.39 Å². The Hall–Kier alpha value is -3.77. The van der Waals surface area contributed by atoms with Crippen molar-refractivity contribution in [2.45, 2.75) is 56.6 Å². The third-order valence-corrected chi connectivity index (χ3v) is 9.17. The summed E-state index contributed by atoms with van der Waals surface area (Å²) < 4.78 is 65.7. The molecule has 1 N–H and O–H groups in total. The first-order valence-corrected chi connectivity index (χ1v) is 15.9. The molecule has 1 aliphatic heterocycles. The highest BCUT2D eigenvalue weighted by Crippen LogP contribution is 2.40. The van der Waals surface area contributed by atoms with E-state index in [1.165, 1.54) is 4.57 Å². The summed E-state index contributed by atoms with van der Waals surface area (Å²) in [4.78, 5) is 19.8. The molecular weight excluding hydrogens is 576 g/mol. The molecule has 1 saturated heterocycles. The van der Waals surface area contributed by atoms with E-state index in [1.807, 2.05) is 22.9 Å². The zero-order chi connectivity index (χ0) is 31.0. The lowest BCUT2D eigenvalue weighted by Crippen LogP contribution is -2.28. The van der Waals surface area contributed by atoms with Crippen molar-refractivity contribution in [3.8, 4) is 11.3 Å². The number of aromatic nitrogens is 3. The molecule has 0 amide bonds. The van der Waals surface area contributed by atoms with Crippen molar-refractivity contribution < 1.29 is 27.3 Å². The molecule has 1 atom stereocenters. The molecule has 0 spiro atoms. The fraction of sp³-hybridized carbons (Fsp3) is 0.419. The highest BCUT2D eigenvalue weighted by molar-refractivity contribution is 7.92. The van der Waals surface area contributed by atoms with Crippen LogP contribution in [0.1, 0.15) is 33.0 Å². The third kappa shape index (κ3) is 6.75. The SMILES string of the molecule is COCCn1ccnc1CCS(=N)(=O)c1ccc(N2CCC(F)(F)C2)c(-c2cc3ccccc3n2C(=O)OC(C)(C)C)c1. The Kier molecular flexibility index (Phi) is 8.36. The molecule has 0 aliphatic carbocycles. The molecule has 4 aromatic rings. The van der Waals surface area contributed by atoms with Gasteiger partial charge >= 0.3 is 6.09 Å². The summed E-state index contributed by atoms with van der Waals surface area (Å²) in [5.41, 5.74) is 1.11. The maximum Gasteiger partial charge on any atom is 0.419 e. The number of fused-ring (bicyclic) bond motifs is 1. The molecule has 230 valence electrons. The normalized spacial score (nSPS) is 16.5. The van der Waals surface area contributed by atoms with E-state index in [4.69, 9.17) is 14.3 Å². The number of imidazole rings is 1. The number of para-hydroxylation sites is 1. The van der Waals surface area contributed by atoms with Gasteiger partial charge in [0.1, 0.15) is 11.4 Å². The van der Waals surface area contributed by atoms with Crippen LogP contribution in [0.3, 0.4) is 0 Å². The van der Waals surface area contributed by atoms with Gasteiger partial charge in [-0.2, -0.15) is 0 Å². The molecule has 0 radical (unpaired) electrons. The van der Waals surface area contributed by atoms with Gasteiger partial charge < -0.3 is 18.9 Å². The maximum atomic E-state index is 14.4. The largest absolute Gasteiger partial charge is 0.443 e. The first-order chi connectivity index (χ1) is 20.3. The molecule has 1 aliphatic rings. The first-order valence-electron chi connectivity index (χ1n) is 14.1. The Morgan fingerprint density at radius 1 is 1.16 bits per heavy atom. The third-order valence-electron chi connectivity index (χ3n) is 7.37. The summed E-state index contributed by atoms with van der Waals surface area (Å²) in [5.74, 6) is -2.16. The Bertz CT molecular complexity index is 1740. The van der Waals surface area contributed by atoms with Crippen LogP contribution in [0.5, 0.6) is 0 Å². The van der Waals surface area contributed by atoms with Crippen LogP contribution in [0.15, 0.2) is 65.8 Å². The molecule has 0 saturated carbocycles. The van der Waals surface area contributed by atoms with Crippen LogP contribution >= 0.6 is 0 Å². The van der Waals surface area contributed by atoms with E-state index in [0.29, 0.717) is 47.9 Å². The number of rotatable bonds is 9. The van der Waals surface area contributed by atoms with Crippen LogP contribution in [-0.4, -0.2) is 68.5 Å². The van der Waals surface area contributed by atoms with E-state index >= 15 is 0 Å². The smallest absolute Gasteiger partial charge is 0.419 e. The zero-order valence-corrected chi connectivity index (χ0v) is 25.6. The van der Waals surface area contributed by atoms with Crippen LogP contribution in [0.2, 0.25) is 0 Å². The number of aryl methyl sites for hydroxylation is 1. The van der Waals surface area contributed by atoms with Gasteiger partial charge in [-0.15, -0.1) is 0 Å². The number of nitrogens with zero attached hydrogens (tertiary/aromatic N) is 4. The fourth-order valence-electron chi connectivity index (χ4n) is 5.31. The van der Waals surface area contributed by atoms with Crippen molar-refractivity contribution in [3.63, 3.8) is 0 Å². The second-order valence-electron chi connectivity index (χ2n) is 11.8. The van der Waals surface area contributed by atoms with Gasteiger partial charge in [-0.1, -0.05) is 18.2 Å². The maximum absolute atomic E-state index is 14.4. The standard InChI is InChI=1S/C31H37F2N5O4S/c1-30(2,3)42-29(39)38-25-8-6-5-7-22(25)19-27(38)24-20-23(9-10-26(24)37-14-12-31(32,33)21-37)43(34,40)18-11-28-35-13-15-36(28)16-17-41-4/h5-10,13,15,19-20,34H,11-12,14,16-18,21H2,1-4H3. The second kappa shape index (κ2) is 11.7. The van der Waals surface area contributed by atoms with Crippen molar-refractivity contribution in [3.05, 3.63) is 66.7 Å². The van der Waals surface area contributed by atoms with Gasteiger partial charge in [0.05, 0.1) is 34.1 Å². The Labute approximate surface area is 250 Å². The number of carbonyl (C=O) groups excluding carboxylic acids is 1. The highest BCUT2D eigenvalue weighted by atomic mass is 32.2. The molecule has 2 aromatic heterocycles. The number of anilines is 1. The van der Waals surface area contributed by atoms with Gasteiger partial charge in [-0.05, 0) is 51.1 Å². The molecular formula is C31H37F2N5O4S. The van der Waals surface area contributed by atoms with Crippen LogP contribution in [0.25, 0.3) is 22.2 Å². The Morgan fingerprint density at radius 2 is 1.93 bits per heavy atom. The summed E-state index contributed by atoms with van der Waals surface area (Å²) in [7, 11) is -1.72. The predicted molar refractivity (Wildman–Crippen MR) is 163 cm³/mol. The molecule has 0 bridgehead atoms. The first kappa shape index (κ1) is 30.7. The van der Waals surface area contributed by atoms with Gasteiger partial charge in [-0.3, -0.25) is 0 Å². The molecule has 1 fully saturated rings. The molecule has 9 nitrogen and oxygen atoms in total. The minimum Gasteiger partial charge on any atom is -0.443 e. The number of carbonyl (C=O) groups is 1. The molecule has 5 rings (SSSR count). The minimum atomic E-state index is -3.34. The number of ether oxygens (including phenoxy) is 2. The van der Waals surface area contributed by atoms with Gasteiger partial charge in [0.25, 0.3) is 5.92 Å². The van der Waals surface area contributed by atoms with E-state index < -0.39 is 33.9 Å². The van der Waals surface area contributed by atoms with E-state index in [2.05, 4.69) is 4.98 Å². The molecule has 1 unspecified atom stereocenters. The van der Waals surface area contributed by atoms with E-state index in [1.54, 1.807) is 75.4 Å². The number of methoxy groups -OCH3 is 1. The highest BCUT2D eigenvalue weighted by Gasteiger charge is 2.39. The quantitative estimate of drug-likeness (QED) is 0.234. The molecule has 43 heavy (non-hydrogen) atoms. The van der Waals surface area contributed by atoms with Crippen LogP contribution < -0.4 is 4.90 Å². The minimum absolute atomic E-state index is 0.00657. The lowest BCUT2D eigenvalue weighted by atomic mass is 10.1. The van der Waals surface area contributed by atoms with Crippen LogP contribution in [-0.2, 0) is 32.2 Å². The summed E-state index contributed by atoms with van der Waals surface area (Å²) in [6.07, 6.45) is 2.85. The topological polar surface area (TPSA) is 102 Å². The zero-order valence-electron chi connectivity index (χ0n) is 24.8. The fourth-order valence-corrected chi connectivity index (χ4v) is 6.62. The van der Waals surface area contributed by atoms with Crippen molar-refractivity contribution in [2.75, 3.05) is 37.5 Å². The van der Waals surface area contributed by atoms with Gasteiger partial charge in [0.15, 0.2) is 0 Å². The van der Waals surface area contributed by atoms with E-state index in [9.17, 15) is 17.8 Å². The lowest BCUT2D eigenvalue weighted by molar-refractivity contribution is 0.0257. The summed E-state index contributed by atoms with van der Waals surface area (Å²) in [6, 6.07) is 13.9. The number of hydrogen-bond donors (Lipinski definition) is 1. The van der Waals surface area contributed by atoms with Gasteiger partial charge in [0.2, 0.25) is 0 Å². The summed E-state index contributed by atoms with van der Waals surface area (Å²) in [6.45, 7) is 6.02. The summed E-state index contributed by atoms with van der Waals surface area (Å²) in [5, 5.41) is 0.751. The van der Waals surface area contributed by atoms with Crippen LogP contribution in [0, 0.1) is 4.78 Å². The second-order valence-corrected chi connectivity index (χ2v) is 14.0. The lowest BCUT2D eigenvalue weighted by Gasteiger charge is -2.25. The number of alkyl halides is 2. The van der Waals surface area contributed by atoms with Crippen molar-refractivity contribution >= 4 is 32.4 Å². The van der Waals surface area contributed by atoms with Gasteiger partial charge in [0, 0.05) is 72.7 Å². The summed E-state index contributed by atoms with van der Waals surface area (Å²) >= 11 is 0. The van der Waals surface area contributed by atoms with Crippen molar-refractivity contribution in [2.24, 2.45) is 0 Å². The average molecular weight is 614 g/mol. The van der Waals surface area contributed by atoms with E-state index in [-0.39, 0.29) is 23.6 Å². The monoisotopic (exact) mass is 613 g/mol. The number of nitrogens with one attached hydrogen (secondary N) is 1. The average Bonchev–Trinajstić information content (AvgIpc) is 3.65. The molecule has 12 heteroatoms. The predicted octanol–water partition coefficient (Wildman–Crippen LogP) is 6.43. The Morgan fingerprint density at radius 3 is 2.63 bits per heavy atom. The van der Waals surface area contributed by atoms with Crippen molar-refractivity contribution in [1.29, 1.82) is 4.78 Å².